The molecule has 2 aliphatic rings. The van der Waals surface area contributed by atoms with Crippen molar-refractivity contribution in [1.82, 2.24) is 4.90 Å². The molecule has 3 atom stereocenters. The Morgan fingerprint density at radius 2 is 1.39 bits per heavy atom. The van der Waals surface area contributed by atoms with E-state index in [2.05, 4.69) is 6.92 Å². The number of unbranched alkanes of at least 4 members (excludes halogenated alkanes) is 17. The van der Waals surface area contributed by atoms with Gasteiger partial charge in [0.25, 0.3) is 10.1 Å². The molecule has 0 aromatic heterocycles. The molecule has 7 nitrogen and oxygen atoms in total. The van der Waals surface area contributed by atoms with Crippen LogP contribution in [-0.4, -0.2) is 57.6 Å². The van der Waals surface area contributed by atoms with E-state index in [-0.39, 0.29) is 17.3 Å². The van der Waals surface area contributed by atoms with Gasteiger partial charge in [-0.3, -0.25) is 0 Å². The molecule has 2 aliphatic heterocycles. The summed E-state index contributed by atoms with van der Waals surface area (Å²) in [5.41, 5.74) is 0.481. The molecular weight excluding hydrogens is 619 g/mol. The van der Waals surface area contributed by atoms with Crippen LogP contribution in [0.2, 0.25) is 0 Å². The van der Waals surface area contributed by atoms with Crippen LogP contribution < -0.4 is 0 Å². The van der Waals surface area contributed by atoms with E-state index in [0.717, 1.165) is 50.8 Å². The maximum Gasteiger partial charge on any atom is 0.299 e. The number of rotatable bonds is 28. The Labute approximate surface area is 285 Å². The van der Waals surface area contributed by atoms with Crippen molar-refractivity contribution in [1.29, 1.82) is 0 Å². The summed E-state index contributed by atoms with van der Waals surface area (Å²) in [4.78, 5) is 2.17. The van der Waals surface area contributed by atoms with E-state index in [0.29, 0.717) is 13.2 Å². The van der Waals surface area contributed by atoms with Crippen molar-refractivity contribution in [3.63, 3.8) is 0 Å². The first kappa shape index (κ1) is 39.3. The average Bonchev–Trinajstić information content (AvgIpc) is 3.69. The summed E-state index contributed by atoms with van der Waals surface area (Å²) in [5, 5.41) is 1.90. The number of benzene rings is 1. The summed E-state index contributed by atoms with van der Waals surface area (Å²) in [7, 11) is -3.79. The highest BCUT2D eigenvalue weighted by Gasteiger charge is 2.28. The first-order valence-corrected chi connectivity index (χ1v) is 20.8. The fraction of sp³-hybridized carbons (Fsp3) is 0.784. The summed E-state index contributed by atoms with van der Waals surface area (Å²) < 4.78 is 48.6. The van der Waals surface area contributed by atoms with Crippen LogP contribution in [0, 0.1) is 6.92 Å². The van der Waals surface area contributed by atoms with E-state index in [1.54, 1.807) is 24.3 Å². The molecule has 46 heavy (non-hydrogen) atoms. The van der Waals surface area contributed by atoms with Crippen LogP contribution in [-0.2, 0) is 28.5 Å². The Bertz CT molecular complexity index is 1030. The van der Waals surface area contributed by atoms with Crippen molar-refractivity contribution in [2.45, 2.75) is 165 Å². The summed E-state index contributed by atoms with van der Waals surface area (Å²) in [5.74, 6) is 0. The highest BCUT2D eigenvalue weighted by molar-refractivity contribution is 8.03. The second-order valence-electron chi connectivity index (χ2n) is 13.1. The first-order valence-electron chi connectivity index (χ1n) is 18.4. The minimum absolute atomic E-state index is 0.0459. The van der Waals surface area contributed by atoms with Crippen molar-refractivity contribution < 1.29 is 26.8 Å². The van der Waals surface area contributed by atoms with Gasteiger partial charge in [-0.2, -0.15) is 8.42 Å². The molecule has 1 aromatic rings. The summed E-state index contributed by atoms with van der Waals surface area (Å²) in [6.45, 7) is 7.04. The Morgan fingerprint density at radius 1 is 0.804 bits per heavy atom. The predicted molar refractivity (Wildman–Crippen MR) is 190 cm³/mol. The predicted octanol–water partition coefficient (Wildman–Crippen LogP) is 10.1. The van der Waals surface area contributed by atoms with Crippen LogP contribution >= 0.6 is 11.8 Å². The second-order valence-corrected chi connectivity index (χ2v) is 15.6. The largest absolute Gasteiger partial charge is 0.379 e. The van der Waals surface area contributed by atoms with Crippen molar-refractivity contribution in [2.24, 2.45) is 0 Å². The maximum absolute atomic E-state index is 12.7. The number of aryl methyl sites for hydroxylation is 1. The molecular formula is C37H63NO6S2. The van der Waals surface area contributed by atoms with E-state index >= 15 is 0 Å². The fourth-order valence-electron chi connectivity index (χ4n) is 5.95. The zero-order valence-electron chi connectivity index (χ0n) is 28.9. The van der Waals surface area contributed by atoms with Crippen LogP contribution in [0.5, 0.6) is 0 Å². The minimum Gasteiger partial charge on any atom is -0.379 e. The summed E-state index contributed by atoms with van der Waals surface area (Å²) in [6, 6.07) is 6.77. The van der Waals surface area contributed by atoms with Gasteiger partial charge in [0.15, 0.2) is 6.29 Å². The van der Waals surface area contributed by atoms with Crippen molar-refractivity contribution >= 4 is 21.9 Å². The highest BCUT2D eigenvalue weighted by atomic mass is 32.2. The molecule has 1 fully saturated rings. The van der Waals surface area contributed by atoms with Gasteiger partial charge < -0.3 is 19.1 Å². The van der Waals surface area contributed by atoms with E-state index in [1.165, 1.54) is 108 Å². The molecule has 0 saturated carbocycles. The van der Waals surface area contributed by atoms with E-state index in [1.807, 2.05) is 23.4 Å². The quantitative estimate of drug-likeness (QED) is 0.0639. The zero-order chi connectivity index (χ0) is 32.7. The van der Waals surface area contributed by atoms with Gasteiger partial charge in [0.2, 0.25) is 5.56 Å². The molecule has 0 spiro atoms. The monoisotopic (exact) mass is 681 g/mol. The standard InChI is InChI=1S/C37H63NO6S2/c1-3-4-5-6-7-8-9-10-11-12-13-16-19-22-36-42-32-34(43-36)31-41-29-21-18-15-14-17-20-27-38-28-30-45-37(38)44-46(39,40)35-25-23-33(2)24-26-35/h23-26,28,30,34,36-37H,3-22,27,29,31-32H2,1-2H3. The van der Waals surface area contributed by atoms with Gasteiger partial charge in [-0.1, -0.05) is 139 Å². The topological polar surface area (TPSA) is 74.3 Å². The molecule has 9 heteroatoms. The lowest BCUT2D eigenvalue weighted by molar-refractivity contribution is -0.0761. The van der Waals surface area contributed by atoms with Crippen LogP contribution in [0.15, 0.2) is 40.8 Å². The summed E-state index contributed by atoms with van der Waals surface area (Å²) in [6.07, 6.45) is 27.5. The van der Waals surface area contributed by atoms with Crippen LogP contribution in [0.1, 0.15) is 141 Å². The molecule has 0 aliphatic carbocycles. The van der Waals surface area contributed by atoms with Crippen molar-refractivity contribution in [2.75, 3.05) is 26.4 Å². The van der Waals surface area contributed by atoms with E-state index < -0.39 is 15.7 Å². The molecule has 2 heterocycles. The van der Waals surface area contributed by atoms with Gasteiger partial charge in [0.05, 0.1) is 18.1 Å². The molecule has 0 radical (unpaired) electrons. The van der Waals surface area contributed by atoms with Gasteiger partial charge in [-0.25, -0.2) is 4.18 Å². The Kier molecular flexibility index (Phi) is 20.6. The molecule has 1 aromatic carbocycles. The zero-order valence-corrected chi connectivity index (χ0v) is 30.5. The molecule has 3 rings (SSSR count). The number of hydrogen-bond acceptors (Lipinski definition) is 8. The number of hydrogen-bond donors (Lipinski definition) is 0. The molecule has 1 saturated heterocycles. The molecule has 0 N–H and O–H groups in total. The lowest BCUT2D eigenvalue weighted by Crippen LogP contribution is -2.30. The third kappa shape index (κ3) is 16.8. The van der Waals surface area contributed by atoms with Crippen molar-refractivity contribution in [3.8, 4) is 0 Å². The lowest BCUT2D eigenvalue weighted by atomic mass is 10.0. The second kappa shape index (κ2) is 24.1. The van der Waals surface area contributed by atoms with Gasteiger partial charge in [-0.15, -0.1) is 0 Å². The van der Waals surface area contributed by atoms with Gasteiger partial charge >= 0.3 is 0 Å². The third-order valence-corrected chi connectivity index (χ3v) is 11.1. The lowest BCUT2D eigenvalue weighted by Gasteiger charge is -2.24. The fourth-order valence-corrected chi connectivity index (χ4v) is 8.04. The van der Waals surface area contributed by atoms with Gasteiger partial charge in [0, 0.05) is 19.4 Å². The van der Waals surface area contributed by atoms with Crippen LogP contribution in [0.3, 0.4) is 0 Å². The van der Waals surface area contributed by atoms with Crippen LogP contribution in [0.4, 0.5) is 0 Å². The number of nitrogens with zero attached hydrogens (tertiary/aromatic N) is 1. The first-order chi connectivity index (χ1) is 22.5. The van der Waals surface area contributed by atoms with Crippen molar-refractivity contribution in [3.05, 3.63) is 41.4 Å². The number of thioether (sulfide) groups is 1. The average molecular weight is 682 g/mol. The normalized spacial score (nSPS) is 19.9. The maximum atomic E-state index is 12.7. The van der Waals surface area contributed by atoms with Crippen LogP contribution in [0.25, 0.3) is 0 Å². The minimum atomic E-state index is -3.79. The summed E-state index contributed by atoms with van der Waals surface area (Å²) >= 11 is 1.39. The Balaban J connectivity index is 1.07. The Hall–Kier alpha value is -1.10. The third-order valence-electron chi connectivity index (χ3n) is 8.85. The molecule has 0 amide bonds. The Morgan fingerprint density at radius 3 is 2.04 bits per heavy atom. The molecule has 0 bridgehead atoms. The van der Waals surface area contributed by atoms with Gasteiger partial charge in [-0.05, 0) is 50.1 Å². The number of ether oxygens (including phenoxy) is 3. The van der Waals surface area contributed by atoms with E-state index in [9.17, 15) is 8.42 Å². The SMILES string of the molecule is CCCCCCCCCCCCCCCC1OCC(COCCCCCCCCN2C=CSC2OS(=O)(=O)c2ccc(C)cc2)O1. The van der Waals surface area contributed by atoms with E-state index in [4.69, 9.17) is 18.4 Å². The molecule has 264 valence electrons. The van der Waals surface area contributed by atoms with Gasteiger partial charge in [0.1, 0.15) is 6.10 Å². The molecule has 3 unspecified atom stereocenters. The highest BCUT2D eigenvalue weighted by Crippen LogP contribution is 2.30. The smallest absolute Gasteiger partial charge is 0.299 e.